The highest BCUT2D eigenvalue weighted by Crippen LogP contribution is 2.14. The van der Waals surface area contributed by atoms with Gasteiger partial charge in [-0.15, -0.1) is 0 Å². The number of unbranched alkanes of at least 4 members (excludes halogenated alkanes) is 1. The summed E-state index contributed by atoms with van der Waals surface area (Å²) in [5.74, 6) is 0. The Bertz CT molecular complexity index is 202. The molecule has 0 aromatic rings. The fourth-order valence-electron chi connectivity index (χ4n) is 1.70. The Labute approximate surface area is 101 Å². The molecule has 0 bridgehead atoms. The molecule has 1 aliphatic rings. The molecule has 0 aromatic heterocycles. The van der Waals surface area contributed by atoms with Crippen molar-refractivity contribution in [2.75, 3.05) is 13.2 Å². The van der Waals surface area contributed by atoms with E-state index in [4.69, 9.17) is 9.47 Å². The minimum atomic E-state index is -0.996. The van der Waals surface area contributed by atoms with E-state index < -0.39 is 8.07 Å². The largest absolute Gasteiger partial charge is 0.353 e. The van der Waals surface area contributed by atoms with Crippen molar-refractivity contribution in [3.05, 3.63) is 11.8 Å². The van der Waals surface area contributed by atoms with Crippen LogP contribution in [-0.2, 0) is 9.47 Å². The average Bonchev–Trinajstić information content (AvgIpc) is 2.23. The summed E-state index contributed by atoms with van der Waals surface area (Å²) < 4.78 is 11.2. The van der Waals surface area contributed by atoms with Gasteiger partial charge in [-0.1, -0.05) is 31.4 Å². The first-order chi connectivity index (χ1) is 7.58. The molecule has 0 aromatic carbocycles. The van der Waals surface area contributed by atoms with E-state index in [1.807, 2.05) is 0 Å². The van der Waals surface area contributed by atoms with Gasteiger partial charge in [0.1, 0.15) is 0 Å². The molecular weight excluding hydrogens is 216 g/mol. The Hall–Kier alpha value is -0.123. The summed E-state index contributed by atoms with van der Waals surface area (Å²) in [7, 11) is -0.996. The summed E-state index contributed by atoms with van der Waals surface area (Å²) in [5.41, 5.74) is 2.41. The number of ether oxygens (including phenoxy) is 2. The predicted octanol–water partition coefficient (Wildman–Crippen LogP) is 3.74. The van der Waals surface area contributed by atoms with Crippen molar-refractivity contribution in [2.45, 2.75) is 58.0 Å². The summed E-state index contributed by atoms with van der Waals surface area (Å²) in [4.78, 5) is 0. The Balaban J connectivity index is 1.97. The van der Waals surface area contributed by atoms with Crippen LogP contribution in [0.5, 0.6) is 0 Å². The summed E-state index contributed by atoms with van der Waals surface area (Å²) in [6, 6.07) is 0. The third kappa shape index (κ3) is 7.20. The standard InChI is InChI=1S/C13H26O2Si/c1-16(2,3)12-8-4-6-10-14-13-9-5-7-11-15-13/h8,12-13H,4-7,9-11H2,1-3H3/b12-8-. The van der Waals surface area contributed by atoms with Gasteiger partial charge in [-0.2, -0.15) is 0 Å². The maximum absolute atomic E-state index is 5.67. The van der Waals surface area contributed by atoms with Crippen LogP contribution in [0.3, 0.4) is 0 Å². The van der Waals surface area contributed by atoms with Crippen LogP contribution in [-0.4, -0.2) is 27.6 Å². The topological polar surface area (TPSA) is 18.5 Å². The average molecular weight is 242 g/mol. The van der Waals surface area contributed by atoms with Gasteiger partial charge in [-0.25, -0.2) is 0 Å². The third-order valence-corrected chi connectivity index (χ3v) is 3.81. The maximum Gasteiger partial charge on any atom is 0.157 e. The zero-order chi connectivity index (χ0) is 11.9. The van der Waals surface area contributed by atoms with Crippen LogP contribution >= 0.6 is 0 Å². The van der Waals surface area contributed by atoms with E-state index in [2.05, 4.69) is 31.4 Å². The maximum atomic E-state index is 5.67. The van der Waals surface area contributed by atoms with Gasteiger partial charge in [0, 0.05) is 6.61 Å². The van der Waals surface area contributed by atoms with Crippen LogP contribution < -0.4 is 0 Å². The predicted molar refractivity (Wildman–Crippen MR) is 71.3 cm³/mol. The molecule has 1 aliphatic heterocycles. The fraction of sp³-hybridized carbons (Fsp3) is 0.846. The molecule has 1 rings (SSSR count). The second-order valence-electron chi connectivity index (χ2n) is 5.58. The molecule has 0 radical (unpaired) electrons. The molecule has 3 heteroatoms. The fourth-order valence-corrected chi connectivity index (χ4v) is 2.57. The zero-order valence-corrected chi connectivity index (χ0v) is 12.0. The summed E-state index contributed by atoms with van der Waals surface area (Å²) in [6.07, 6.45) is 8.16. The van der Waals surface area contributed by atoms with E-state index in [1.165, 1.54) is 12.8 Å². The molecule has 2 nitrogen and oxygen atoms in total. The molecule has 0 aliphatic carbocycles. The van der Waals surface area contributed by atoms with E-state index in [-0.39, 0.29) is 6.29 Å². The second kappa shape index (κ2) is 7.25. The lowest BCUT2D eigenvalue weighted by Gasteiger charge is -2.22. The molecule has 1 atom stereocenters. The van der Waals surface area contributed by atoms with Crippen molar-refractivity contribution in [1.82, 2.24) is 0 Å². The molecule has 1 fully saturated rings. The molecule has 1 saturated heterocycles. The lowest BCUT2D eigenvalue weighted by Crippen LogP contribution is -2.22. The molecular formula is C13H26O2Si. The monoisotopic (exact) mass is 242 g/mol. The second-order valence-corrected chi connectivity index (χ2v) is 10.6. The van der Waals surface area contributed by atoms with Crippen molar-refractivity contribution in [3.8, 4) is 0 Å². The van der Waals surface area contributed by atoms with Crippen LogP contribution in [0.2, 0.25) is 19.6 Å². The molecule has 1 heterocycles. The Morgan fingerprint density at radius 3 is 2.75 bits per heavy atom. The summed E-state index contributed by atoms with van der Waals surface area (Å²) in [5, 5.41) is 0. The first-order valence-corrected chi connectivity index (χ1v) is 10.1. The Morgan fingerprint density at radius 2 is 2.12 bits per heavy atom. The highest BCUT2D eigenvalue weighted by molar-refractivity contribution is 6.80. The van der Waals surface area contributed by atoms with E-state index in [0.717, 1.165) is 32.5 Å². The van der Waals surface area contributed by atoms with Crippen LogP contribution in [0.4, 0.5) is 0 Å². The highest BCUT2D eigenvalue weighted by Gasteiger charge is 2.13. The van der Waals surface area contributed by atoms with E-state index >= 15 is 0 Å². The van der Waals surface area contributed by atoms with Crippen molar-refractivity contribution in [2.24, 2.45) is 0 Å². The van der Waals surface area contributed by atoms with Gasteiger partial charge in [0.15, 0.2) is 6.29 Å². The van der Waals surface area contributed by atoms with E-state index in [1.54, 1.807) is 0 Å². The minimum absolute atomic E-state index is 0.0784. The first-order valence-electron chi connectivity index (χ1n) is 6.49. The van der Waals surface area contributed by atoms with Gasteiger partial charge in [0.2, 0.25) is 0 Å². The normalized spacial score (nSPS) is 22.8. The number of rotatable bonds is 6. The van der Waals surface area contributed by atoms with Crippen molar-refractivity contribution in [1.29, 1.82) is 0 Å². The molecule has 1 unspecified atom stereocenters. The zero-order valence-electron chi connectivity index (χ0n) is 11.0. The molecule has 0 N–H and O–H groups in total. The van der Waals surface area contributed by atoms with Gasteiger partial charge >= 0.3 is 0 Å². The molecule has 0 saturated carbocycles. The first kappa shape index (κ1) is 13.9. The Kier molecular flexibility index (Phi) is 6.32. The van der Waals surface area contributed by atoms with Crippen molar-refractivity contribution < 1.29 is 9.47 Å². The van der Waals surface area contributed by atoms with Gasteiger partial charge in [-0.05, 0) is 32.1 Å². The number of hydrogen-bond acceptors (Lipinski definition) is 2. The van der Waals surface area contributed by atoms with Crippen molar-refractivity contribution in [3.63, 3.8) is 0 Å². The van der Waals surface area contributed by atoms with Gasteiger partial charge in [0.05, 0.1) is 14.7 Å². The number of hydrogen-bond donors (Lipinski definition) is 0. The quantitative estimate of drug-likeness (QED) is 0.522. The Morgan fingerprint density at radius 1 is 1.31 bits per heavy atom. The molecule has 0 spiro atoms. The van der Waals surface area contributed by atoms with Gasteiger partial charge < -0.3 is 9.47 Å². The van der Waals surface area contributed by atoms with E-state index in [0.29, 0.717) is 0 Å². The summed E-state index contributed by atoms with van der Waals surface area (Å²) in [6.45, 7) is 8.78. The smallest absolute Gasteiger partial charge is 0.157 e. The van der Waals surface area contributed by atoms with Crippen LogP contribution in [0.15, 0.2) is 11.8 Å². The van der Waals surface area contributed by atoms with Gasteiger partial charge in [-0.3, -0.25) is 0 Å². The van der Waals surface area contributed by atoms with E-state index in [9.17, 15) is 0 Å². The molecule has 0 amide bonds. The summed E-state index contributed by atoms with van der Waals surface area (Å²) >= 11 is 0. The lowest BCUT2D eigenvalue weighted by atomic mass is 10.2. The third-order valence-electron chi connectivity index (χ3n) is 2.57. The van der Waals surface area contributed by atoms with Crippen molar-refractivity contribution >= 4 is 8.07 Å². The SMILES string of the molecule is C[Si](C)(C)/C=C\CCCOC1CCCCO1. The highest BCUT2D eigenvalue weighted by atomic mass is 28.3. The van der Waals surface area contributed by atoms with Crippen LogP contribution in [0, 0.1) is 0 Å². The number of allylic oxidation sites excluding steroid dienone is 1. The van der Waals surface area contributed by atoms with Crippen LogP contribution in [0.1, 0.15) is 32.1 Å². The lowest BCUT2D eigenvalue weighted by molar-refractivity contribution is -0.162. The molecule has 16 heavy (non-hydrogen) atoms. The van der Waals surface area contributed by atoms with Crippen LogP contribution in [0.25, 0.3) is 0 Å². The molecule has 94 valence electrons. The minimum Gasteiger partial charge on any atom is -0.353 e. The van der Waals surface area contributed by atoms with Gasteiger partial charge in [0.25, 0.3) is 0 Å².